The number of hydrazine groups is 1. The Kier molecular flexibility index (Phi) is 5.93. The smallest absolute Gasteiger partial charge is 0.268 e. The molecule has 0 fully saturated rings. The van der Waals surface area contributed by atoms with Gasteiger partial charge in [0.05, 0.1) is 0 Å². The average Bonchev–Trinajstić information content (AvgIpc) is 2.51. The van der Waals surface area contributed by atoms with E-state index in [9.17, 15) is 9.59 Å². The van der Waals surface area contributed by atoms with Crippen molar-refractivity contribution in [1.29, 1.82) is 0 Å². The highest BCUT2D eigenvalue weighted by Crippen LogP contribution is 2.19. The molecule has 0 heterocycles. The van der Waals surface area contributed by atoms with Crippen LogP contribution in [0.3, 0.4) is 0 Å². The zero-order valence-corrected chi connectivity index (χ0v) is 15.4. The lowest BCUT2D eigenvalue weighted by molar-refractivity contribution is -0.117. The molecule has 0 aliphatic rings. The summed E-state index contributed by atoms with van der Waals surface area (Å²) in [6, 6.07) is 11.4. The molecule has 0 unspecified atom stereocenters. The third-order valence-electron chi connectivity index (χ3n) is 3.50. The molecular formula is C19H19BrN2O2. The summed E-state index contributed by atoms with van der Waals surface area (Å²) in [6.07, 6.45) is 3.06. The van der Waals surface area contributed by atoms with Crippen molar-refractivity contribution in [3.05, 3.63) is 74.8 Å². The summed E-state index contributed by atoms with van der Waals surface area (Å²) in [5, 5.41) is 0. The van der Waals surface area contributed by atoms with Crippen LogP contribution in [0.25, 0.3) is 6.08 Å². The topological polar surface area (TPSA) is 58.2 Å². The number of carbonyl (C=O) groups excluding carboxylic acids is 2. The van der Waals surface area contributed by atoms with Gasteiger partial charge in [0.2, 0.25) is 0 Å². The van der Waals surface area contributed by atoms with Gasteiger partial charge in [-0.2, -0.15) is 0 Å². The van der Waals surface area contributed by atoms with Crippen LogP contribution in [0.4, 0.5) is 0 Å². The predicted octanol–water partition coefficient (Wildman–Crippen LogP) is 3.85. The van der Waals surface area contributed by atoms with Gasteiger partial charge >= 0.3 is 0 Å². The molecule has 124 valence electrons. The molecule has 2 rings (SSSR count). The molecule has 0 aromatic heterocycles. The molecule has 24 heavy (non-hydrogen) atoms. The van der Waals surface area contributed by atoms with Crippen LogP contribution in [0.15, 0.2) is 46.9 Å². The fourth-order valence-corrected chi connectivity index (χ4v) is 2.85. The average molecular weight is 387 g/mol. The van der Waals surface area contributed by atoms with Gasteiger partial charge in [-0.3, -0.25) is 20.4 Å². The van der Waals surface area contributed by atoms with Crippen LogP contribution in [0.1, 0.15) is 32.6 Å². The molecule has 2 N–H and O–H groups in total. The number of benzene rings is 2. The van der Waals surface area contributed by atoms with Crippen LogP contribution in [-0.4, -0.2) is 11.8 Å². The Morgan fingerprint density at radius 2 is 1.62 bits per heavy atom. The monoisotopic (exact) mass is 386 g/mol. The summed E-state index contributed by atoms with van der Waals surface area (Å²) in [5.74, 6) is -0.744. The van der Waals surface area contributed by atoms with Gasteiger partial charge in [0, 0.05) is 16.1 Å². The number of hydrogen-bond donors (Lipinski definition) is 2. The number of carbonyl (C=O) groups is 2. The van der Waals surface area contributed by atoms with Crippen LogP contribution in [-0.2, 0) is 4.79 Å². The van der Waals surface area contributed by atoms with Crippen molar-refractivity contribution < 1.29 is 9.59 Å². The maximum atomic E-state index is 12.1. The SMILES string of the molecule is Cc1ccc(C(=O)NNC(=O)/C=C/c2ccc(C)cc2Br)c(C)c1. The largest absolute Gasteiger partial charge is 0.269 e. The molecule has 4 nitrogen and oxygen atoms in total. The highest BCUT2D eigenvalue weighted by molar-refractivity contribution is 9.10. The lowest BCUT2D eigenvalue weighted by atomic mass is 10.1. The first-order valence-corrected chi connectivity index (χ1v) is 8.28. The Morgan fingerprint density at radius 1 is 0.958 bits per heavy atom. The molecule has 5 heteroatoms. The van der Waals surface area contributed by atoms with E-state index in [4.69, 9.17) is 0 Å². The van der Waals surface area contributed by atoms with Crippen LogP contribution >= 0.6 is 15.9 Å². The number of hydrogen-bond acceptors (Lipinski definition) is 2. The maximum absolute atomic E-state index is 12.1. The highest BCUT2D eigenvalue weighted by atomic mass is 79.9. The summed E-state index contributed by atoms with van der Waals surface area (Å²) in [7, 11) is 0. The summed E-state index contributed by atoms with van der Waals surface area (Å²) >= 11 is 3.45. The normalized spacial score (nSPS) is 10.7. The molecule has 0 bridgehead atoms. The van der Waals surface area contributed by atoms with Gasteiger partial charge in [0.15, 0.2) is 0 Å². The maximum Gasteiger partial charge on any atom is 0.269 e. The minimum Gasteiger partial charge on any atom is -0.268 e. The second kappa shape index (κ2) is 7.93. The van der Waals surface area contributed by atoms with Gasteiger partial charge < -0.3 is 0 Å². The van der Waals surface area contributed by atoms with E-state index < -0.39 is 5.91 Å². The van der Waals surface area contributed by atoms with Crippen LogP contribution in [0, 0.1) is 20.8 Å². The van der Waals surface area contributed by atoms with Crippen molar-refractivity contribution in [2.24, 2.45) is 0 Å². The Hall–Kier alpha value is -2.40. The van der Waals surface area contributed by atoms with E-state index in [2.05, 4.69) is 26.8 Å². The fraction of sp³-hybridized carbons (Fsp3) is 0.158. The standard InChI is InChI=1S/C19H19BrN2O2/c1-12-5-8-16(14(3)10-12)19(24)22-21-18(23)9-7-15-6-4-13(2)11-17(15)20/h4-11H,1-3H3,(H,21,23)(H,22,24)/b9-7+. The Balaban J connectivity index is 1.95. The Labute approximate surface area is 150 Å². The molecule has 0 saturated carbocycles. The number of aryl methyl sites for hydroxylation is 3. The van der Waals surface area contributed by atoms with Gasteiger partial charge in [-0.15, -0.1) is 0 Å². The molecule has 0 spiro atoms. The van der Waals surface area contributed by atoms with Crippen molar-refractivity contribution in [3.63, 3.8) is 0 Å². The second-order valence-corrected chi connectivity index (χ2v) is 6.47. The molecule has 0 atom stereocenters. The summed E-state index contributed by atoms with van der Waals surface area (Å²) in [6.45, 7) is 5.82. The van der Waals surface area contributed by atoms with Crippen LogP contribution in [0.2, 0.25) is 0 Å². The van der Waals surface area contributed by atoms with Gasteiger partial charge in [-0.1, -0.05) is 45.8 Å². The van der Waals surface area contributed by atoms with E-state index in [0.29, 0.717) is 5.56 Å². The Morgan fingerprint density at radius 3 is 2.29 bits per heavy atom. The van der Waals surface area contributed by atoms with Crippen LogP contribution < -0.4 is 10.9 Å². The Bertz CT molecular complexity index is 813. The summed E-state index contributed by atoms with van der Waals surface area (Å²) in [4.78, 5) is 23.9. The summed E-state index contributed by atoms with van der Waals surface area (Å²) in [5.41, 5.74) is 9.29. The molecule has 2 aromatic carbocycles. The number of nitrogens with one attached hydrogen (secondary N) is 2. The van der Waals surface area contributed by atoms with E-state index in [1.54, 1.807) is 12.1 Å². The van der Waals surface area contributed by atoms with Crippen molar-refractivity contribution in [2.75, 3.05) is 0 Å². The molecule has 2 amide bonds. The summed E-state index contributed by atoms with van der Waals surface area (Å²) < 4.78 is 0.908. The van der Waals surface area contributed by atoms with Gasteiger partial charge in [0.25, 0.3) is 11.8 Å². The fourth-order valence-electron chi connectivity index (χ4n) is 2.23. The zero-order valence-electron chi connectivity index (χ0n) is 13.8. The molecule has 0 radical (unpaired) electrons. The number of amides is 2. The van der Waals surface area contributed by atoms with Crippen molar-refractivity contribution in [1.82, 2.24) is 10.9 Å². The van der Waals surface area contributed by atoms with Crippen molar-refractivity contribution in [3.8, 4) is 0 Å². The quantitative estimate of drug-likeness (QED) is 0.621. The lowest BCUT2D eigenvalue weighted by Gasteiger charge is -2.08. The van der Waals surface area contributed by atoms with Crippen molar-refractivity contribution >= 4 is 33.8 Å². The van der Waals surface area contributed by atoms with E-state index >= 15 is 0 Å². The lowest BCUT2D eigenvalue weighted by Crippen LogP contribution is -2.41. The first kappa shape index (κ1) is 17.9. The second-order valence-electron chi connectivity index (χ2n) is 5.62. The van der Waals surface area contributed by atoms with E-state index in [-0.39, 0.29) is 5.91 Å². The predicted molar refractivity (Wildman–Crippen MR) is 99.4 cm³/mol. The minimum absolute atomic E-state index is 0.342. The molecule has 2 aromatic rings. The first-order valence-electron chi connectivity index (χ1n) is 7.48. The molecule has 0 aliphatic heterocycles. The van der Waals surface area contributed by atoms with Crippen LogP contribution in [0.5, 0.6) is 0 Å². The minimum atomic E-state index is -0.402. The van der Waals surface area contributed by atoms with E-state index in [0.717, 1.165) is 26.7 Å². The van der Waals surface area contributed by atoms with Crippen molar-refractivity contribution in [2.45, 2.75) is 20.8 Å². The zero-order chi connectivity index (χ0) is 17.7. The number of rotatable bonds is 3. The molecule has 0 saturated heterocycles. The third kappa shape index (κ3) is 4.80. The molecular weight excluding hydrogens is 368 g/mol. The van der Waals surface area contributed by atoms with Gasteiger partial charge in [-0.05, 0) is 55.7 Å². The van der Waals surface area contributed by atoms with Gasteiger partial charge in [0.1, 0.15) is 0 Å². The third-order valence-corrected chi connectivity index (χ3v) is 4.18. The number of halogens is 1. The van der Waals surface area contributed by atoms with E-state index in [1.807, 2.05) is 51.1 Å². The molecule has 0 aliphatic carbocycles. The van der Waals surface area contributed by atoms with E-state index in [1.165, 1.54) is 6.08 Å². The highest BCUT2D eigenvalue weighted by Gasteiger charge is 2.09. The first-order chi connectivity index (χ1) is 11.4. The van der Waals surface area contributed by atoms with Gasteiger partial charge in [-0.25, -0.2) is 0 Å².